The molecule has 2 N–H and O–H groups in total. The lowest BCUT2D eigenvalue weighted by Gasteiger charge is -2.10. The number of benzene rings is 2. The molecule has 28 heavy (non-hydrogen) atoms. The van der Waals surface area contributed by atoms with Gasteiger partial charge in [0, 0.05) is 24.7 Å². The number of pyridine rings is 1. The molecule has 2 aromatic carbocycles. The van der Waals surface area contributed by atoms with Gasteiger partial charge in [0.1, 0.15) is 6.61 Å². The van der Waals surface area contributed by atoms with Gasteiger partial charge >= 0.3 is 0 Å². The first-order valence-corrected chi connectivity index (χ1v) is 9.00. The number of anilines is 1. The monoisotopic (exact) mass is 377 g/mol. The first-order chi connectivity index (χ1) is 13.5. The quantitative estimate of drug-likeness (QED) is 0.690. The van der Waals surface area contributed by atoms with Gasteiger partial charge in [-0.1, -0.05) is 24.3 Å². The summed E-state index contributed by atoms with van der Waals surface area (Å²) in [6, 6.07) is 15.2. The van der Waals surface area contributed by atoms with E-state index in [1.165, 1.54) is 7.11 Å². The van der Waals surface area contributed by atoms with Crippen molar-refractivity contribution >= 4 is 28.4 Å². The SMILES string of the molecule is COCC(=O)Nc1cccc(CNC(=O)c2cc3ccc(C)cc3nc2C)c1. The number of carbonyl (C=O) groups excluding carboxylic acids is 2. The van der Waals surface area contributed by atoms with Crippen molar-refractivity contribution in [3.8, 4) is 0 Å². The summed E-state index contributed by atoms with van der Waals surface area (Å²) in [5, 5.41) is 6.61. The second-order valence-electron chi connectivity index (χ2n) is 6.68. The number of ether oxygens (including phenoxy) is 1. The molecule has 1 heterocycles. The van der Waals surface area contributed by atoms with Crippen LogP contribution in [0.1, 0.15) is 27.2 Å². The lowest BCUT2D eigenvalue weighted by atomic mass is 10.1. The average molecular weight is 377 g/mol. The van der Waals surface area contributed by atoms with Crippen LogP contribution in [0.4, 0.5) is 5.69 Å². The number of fused-ring (bicyclic) bond motifs is 1. The number of hydrogen-bond donors (Lipinski definition) is 2. The summed E-state index contributed by atoms with van der Waals surface area (Å²) in [7, 11) is 1.47. The van der Waals surface area contributed by atoms with Gasteiger partial charge in [-0.25, -0.2) is 0 Å². The molecular formula is C22H23N3O3. The minimum Gasteiger partial charge on any atom is -0.375 e. The Balaban J connectivity index is 1.70. The number of aryl methyl sites for hydroxylation is 2. The molecule has 0 unspecified atom stereocenters. The summed E-state index contributed by atoms with van der Waals surface area (Å²) in [4.78, 5) is 28.8. The van der Waals surface area contributed by atoms with Gasteiger partial charge in [-0.05, 0) is 49.2 Å². The molecule has 0 bridgehead atoms. The Morgan fingerprint density at radius 2 is 1.89 bits per heavy atom. The zero-order chi connectivity index (χ0) is 20.1. The molecule has 0 saturated heterocycles. The van der Waals surface area contributed by atoms with Crippen molar-refractivity contribution in [2.45, 2.75) is 20.4 Å². The van der Waals surface area contributed by atoms with Gasteiger partial charge in [-0.3, -0.25) is 14.6 Å². The largest absolute Gasteiger partial charge is 0.375 e. The fourth-order valence-electron chi connectivity index (χ4n) is 2.97. The molecule has 2 amide bonds. The summed E-state index contributed by atoms with van der Waals surface area (Å²) in [6.45, 7) is 4.19. The lowest BCUT2D eigenvalue weighted by molar-refractivity contribution is -0.119. The minimum atomic E-state index is -0.225. The van der Waals surface area contributed by atoms with E-state index in [0.717, 1.165) is 22.0 Å². The summed E-state index contributed by atoms with van der Waals surface area (Å²) in [6.07, 6.45) is 0. The van der Waals surface area contributed by atoms with E-state index < -0.39 is 0 Å². The molecular weight excluding hydrogens is 354 g/mol. The van der Waals surface area contributed by atoms with Gasteiger partial charge < -0.3 is 15.4 Å². The van der Waals surface area contributed by atoms with Crippen LogP contribution in [0.2, 0.25) is 0 Å². The van der Waals surface area contributed by atoms with Crippen molar-refractivity contribution in [2.75, 3.05) is 19.0 Å². The van der Waals surface area contributed by atoms with E-state index in [4.69, 9.17) is 4.74 Å². The third-order valence-electron chi connectivity index (χ3n) is 4.35. The summed E-state index contributed by atoms with van der Waals surface area (Å²) >= 11 is 0. The fourth-order valence-corrected chi connectivity index (χ4v) is 2.97. The summed E-state index contributed by atoms with van der Waals surface area (Å²) < 4.78 is 4.81. The van der Waals surface area contributed by atoms with Crippen LogP contribution in [-0.2, 0) is 16.1 Å². The Morgan fingerprint density at radius 3 is 2.68 bits per heavy atom. The molecule has 0 aliphatic rings. The Labute approximate surface area is 163 Å². The molecule has 6 heteroatoms. The van der Waals surface area contributed by atoms with Gasteiger partial charge in [-0.2, -0.15) is 0 Å². The van der Waals surface area contributed by atoms with E-state index in [1.807, 2.05) is 56.3 Å². The van der Waals surface area contributed by atoms with E-state index in [9.17, 15) is 9.59 Å². The van der Waals surface area contributed by atoms with Crippen LogP contribution in [0, 0.1) is 13.8 Å². The maximum atomic E-state index is 12.7. The molecule has 144 valence electrons. The van der Waals surface area contributed by atoms with E-state index in [1.54, 1.807) is 6.07 Å². The van der Waals surface area contributed by atoms with Gasteiger partial charge in [0.05, 0.1) is 16.8 Å². The first kappa shape index (κ1) is 19.5. The number of nitrogens with one attached hydrogen (secondary N) is 2. The highest BCUT2D eigenvalue weighted by molar-refractivity contribution is 5.98. The molecule has 0 aliphatic carbocycles. The Bertz CT molecular complexity index is 1030. The standard InChI is InChI=1S/C22H23N3O3/c1-14-7-8-17-11-19(15(2)24-20(17)9-14)22(27)23-12-16-5-4-6-18(10-16)25-21(26)13-28-3/h4-11H,12-13H2,1-3H3,(H,23,27)(H,25,26). The van der Waals surface area contributed by atoms with Crippen LogP contribution in [0.5, 0.6) is 0 Å². The van der Waals surface area contributed by atoms with Crippen molar-refractivity contribution in [3.05, 3.63) is 70.9 Å². The van der Waals surface area contributed by atoms with Gasteiger partial charge in [-0.15, -0.1) is 0 Å². The third kappa shape index (κ3) is 4.72. The van der Waals surface area contributed by atoms with E-state index in [-0.39, 0.29) is 18.4 Å². The summed E-state index contributed by atoms with van der Waals surface area (Å²) in [5.74, 6) is -0.405. The summed E-state index contributed by atoms with van der Waals surface area (Å²) in [5.41, 5.74) is 4.80. The molecule has 0 fully saturated rings. The highest BCUT2D eigenvalue weighted by atomic mass is 16.5. The van der Waals surface area contributed by atoms with Crippen LogP contribution in [0.15, 0.2) is 48.5 Å². The maximum absolute atomic E-state index is 12.7. The minimum absolute atomic E-state index is 0.00523. The molecule has 6 nitrogen and oxygen atoms in total. The zero-order valence-corrected chi connectivity index (χ0v) is 16.2. The predicted molar refractivity (Wildman–Crippen MR) is 109 cm³/mol. The number of hydrogen-bond acceptors (Lipinski definition) is 4. The Morgan fingerprint density at radius 1 is 1.07 bits per heavy atom. The van der Waals surface area contributed by atoms with Gasteiger partial charge in [0.15, 0.2) is 0 Å². The van der Waals surface area contributed by atoms with Crippen molar-refractivity contribution in [1.82, 2.24) is 10.3 Å². The second-order valence-corrected chi connectivity index (χ2v) is 6.68. The van der Waals surface area contributed by atoms with Gasteiger partial charge in [0.25, 0.3) is 5.91 Å². The molecule has 0 aliphatic heterocycles. The normalized spacial score (nSPS) is 10.7. The zero-order valence-electron chi connectivity index (χ0n) is 16.2. The number of aromatic nitrogens is 1. The molecule has 0 spiro atoms. The fraction of sp³-hybridized carbons (Fsp3) is 0.227. The van der Waals surface area contributed by atoms with Gasteiger partial charge in [0.2, 0.25) is 5.91 Å². The Hall–Kier alpha value is -3.25. The topological polar surface area (TPSA) is 80.3 Å². The molecule has 3 aromatic rings. The number of rotatable bonds is 6. The third-order valence-corrected chi connectivity index (χ3v) is 4.35. The van der Waals surface area contributed by atoms with Crippen molar-refractivity contribution in [1.29, 1.82) is 0 Å². The average Bonchev–Trinajstić information content (AvgIpc) is 2.66. The number of carbonyl (C=O) groups is 2. The number of nitrogens with zero attached hydrogens (tertiary/aromatic N) is 1. The Kier molecular flexibility index (Phi) is 6.01. The van der Waals surface area contributed by atoms with Crippen LogP contribution < -0.4 is 10.6 Å². The first-order valence-electron chi connectivity index (χ1n) is 9.00. The van der Waals surface area contributed by atoms with E-state index in [0.29, 0.717) is 23.5 Å². The highest BCUT2D eigenvalue weighted by Gasteiger charge is 2.12. The number of methoxy groups -OCH3 is 1. The van der Waals surface area contributed by atoms with Crippen molar-refractivity contribution in [3.63, 3.8) is 0 Å². The lowest BCUT2D eigenvalue weighted by Crippen LogP contribution is -2.24. The molecule has 3 rings (SSSR count). The van der Waals surface area contributed by atoms with Crippen LogP contribution in [-0.4, -0.2) is 30.5 Å². The molecule has 0 atom stereocenters. The molecule has 1 aromatic heterocycles. The smallest absolute Gasteiger partial charge is 0.253 e. The maximum Gasteiger partial charge on any atom is 0.253 e. The van der Waals surface area contributed by atoms with Crippen LogP contribution in [0.3, 0.4) is 0 Å². The van der Waals surface area contributed by atoms with Crippen molar-refractivity contribution in [2.24, 2.45) is 0 Å². The van der Waals surface area contributed by atoms with E-state index >= 15 is 0 Å². The van der Waals surface area contributed by atoms with Crippen LogP contribution in [0.25, 0.3) is 10.9 Å². The predicted octanol–water partition coefficient (Wildman–Crippen LogP) is 3.37. The number of amides is 2. The second kappa shape index (κ2) is 8.63. The van der Waals surface area contributed by atoms with Crippen LogP contribution >= 0.6 is 0 Å². The molecule has 0 radical (unpaired) electrons. The van der Waals surface area contributed by atoms with Crippen molar-refractivity contribution < 1.29 is 14.3 Å². The molecule has 0 saturated carbocycles. The van der Waals surface area contributed by atoms with E-state index in [2.05, 4.69) is 15.6 Å². The highest BCUT2D eigenvalue weighted by Crippen LogP contribution is 2.18.